The van der Waals surface area contributed by atoms with Crippen LogP contribution in [0, 0.1) is 0 Å². The predicted molar refractivity (Wildman–Crippen MR) is 117 cm³/mol. The van der Waals surface area contributed by atoms with Gasteiger partial charge in [-0.05, 0) is 59.8 Å². The van der Waals surface area contributed by atoms with Crippen LogP contribution in [0.15, 0.2) is 40.9 Å². The molecule has 0 saturated carbocycles. The maximum atomic E-state index is 12.5. The van der Waals surface area contributed by atoms with Crippen LogP contribution in [0.4, 0.5) is 0 Å². The van der Waals surface area contributed by atoms with E-state index in [4.69, 9.17) is 4.52 Å². The molecule has 6 nitrogen and oxygen atoms in total. The molecule has 0 radical (unpaired) electrons. The summed E-state index contributed by atoms with van der Waals surface area (Å²) in [5, 5.41) is 17.0. The van der Waals surface area contributed by atoms with Gasteiger partial charge in [-0.15, -0.1) is 0 Å². The van der Waals surface area contributed by atoms with E-state index in [-0.39, 0.29) is 23.3 Å². The highest BCUT2D eigenvalue weighted by Crippen LogP contribution is 2.39. The van der Waals surface area contributed by atoms with Crippen molar-refractivity contribution in [3.63, 3.8) is 0 Å². The summed E-state index contributed by atoms with van der Waals surface area (Å²) in [5.41, 5.74) is 6.05. The van der Waals surface area contributed by atoms with E-state index < -0.39 is 0 Å². The lowest BCUT2D eigenvalue weighted by Gasteiger charge is -2.25. The summed E-state index contributed by atoms with van der Waals surface area (Å²) in [5.74, 6) is 0.637. The van der Waals surface area contributed by atoms with E-state index in [1.807, 2.05) is 26.0 Å². The summed E-state index contributed by atoms with van der Waals surface area (Å²) in [6.07, 6.45) is 0.965. The van der Waals surface area contributed by atoms with Gasteiger partial charge in [0.25, 0.3) is 5.91 Å². The van der Waals surface area contributed by atoms with Crippen LogP contribution < -0.4 is 5.32 Å². The van der Waals surface area contributed by atoms with Gasteiger partial charge in [0.05, 0.1) is 5.56 Å². The van der Waals surface area contributed by atoms with Gasteiger partial charge in [0.1, 0.15) is 5.75 Å². The molecule has 1 aliphatic heterocycles. The second-order valence-corrected chi connectivity index (χ2v) is 8.21. The van der Waals surface area contributed by atoms with E-state index in [1.54, 1.807) is 19.2 Å². The van der Waals surface area contributed by atoms with E-state index in [9.17, 15) is 9.90 Å². The average molecular weight is 405 g/mol. The molecule has 3 aromatic rings. The summed E-state index contributed by atoms with van der Waals surface area (Å²) in [6.45, 7) is 5.97. The lowest BCUT2D eigenvalue weighted by Crippen LogP contribution is -2.26. The molecule has 0 aliphatic carbocycles. The maximum absolute atomic E-state index is 12.5. The zero-order valence-electron chi connectivity index (χ0n) is 17.8. The first-order valence-corrected chi connectivity index (χ1v) is 10.2. The minimum absolute atomic E-state index is 0.149. The summed E-state index contributed by atoms with van der Waals surface area (Å²) >= 11 is 0. The maximum Gasteiger partial charge on any atom is 0.273 e. The smallest absolute Gasteiger partial charge is 0.273 e. The minimum atomic E-state index is -0.291. The number of phenols is 1. The largest absolute Gasteiger partial charge is 0.508 e. The highest BCUT2D eigenvalue weighted by atomic mass is 16.5. The molecule has 1 aliphatic rings. The molecular formula is C24H27N3O3. The predicted octanol–water partition coefficient (Wildman–Crippen LogP) is 4.19. The molecule has 1 amide bonds. The molecule has 30 heavy (non-hydrogen) atoms. The highest BCUT2D eigenvalue weighted by molar-refractivity contribution is 6.02. The van der Waals surface area contributed by atoms with Crippen LogP contribution in [0.5, 0.6) is 5.75 Å². The Kier molecular flexibility index (Phi) is 5.35. The summed E-state index contributed by atoms with van der Waals surface area (Å²) in [6, 6.07) is 11.7. The molecule has 0 spiro atoms. The Morgan fingerprint density at radius 1 is 1.17 bits per heavy atom. The van der Waals surface area contributed by atoms with E-state index in [1.165, 1.54) is 11.1 Å². The first-order chi connectivity index (χ1) is 14.4. The number of amides is 1. The number of hydrogen-bond donors (Lipinski definition) is 2. The van der Waals surface area contributed by atoms with Crippen molar-refractivity contribution in [2.24, 2.45) is 0 Å². The Balaban J connectivity index is 1.88. The van der Waals surface area contributed by atoms with Crippen LogP contribution in [0.1, 0.15) is 46.9 Å². The molecule has 1 aromatic heterocycles. The van der Waals surface area contributed by atoms with Gasteiger partial charge in [0.2, 0.25) is 0 Å². The SMILES string of the molecule is CNC(=O)c1noc(-c2ccc(O)c(C(C)C)c2)c1-c1ccc2c(c1)CCN(C)C2. The van der Waals surface area contributed by atoms with Crippen molar-refractivity contribution >= 4 is 5.91 Å². The monoisotopic (exact) mass is 405 g/mol. The summed E-state index contributed by atoms with van der Waals surface area (Å²) in [7, 11) is 3.70. The van der Waals surface area contributed by atoms with E-state index in [0.29, 0.717) is 11.3 Å². The van der Waals surface area contributed by atoms with Crippen LogP contribution in [0.2, 0.25) is 0 Å². The van der Waals surface area contributed by atoms with Crippen molar-refractivity contribution in [2.75, 3.05) is 20.6 Å². The van der Waals surface area contributed by atoms with Gasteiger partial charge in [-0.25, -0.2) is 0 Å². The van der Waals surface area contributed by atoms with Gasteiger partial charge in [0.15, 0.2) is 11.5 Å². The number of aromatic nitrogens is 1. The molecule has 0 atom stereocenters. The van der Waals surface area contributed by atoms with E-state index >= 15 is 0 Å². The molecule has 4 rings (SSSR count). The van der Waals surface area contributed by atoms with Gasteiger partial charge in [-0.3, -0.25) is 4.79 Å². The number of fused-ring (bicyclic) bond motifs is 1. The third-order valence-corrected chi connectivity index (χ3v) is 5.74. The second kappa shape index (κ2) is 7.95. The van der Waals surface area contributed by atoms with Crippen molar-refractivity contribution in [1.29, 1.82) is 0 Å². The Morgan fingerprint density at radius 2 is 1.93 bits per heavy atom. The average Bonchev–Trinajstić information content (AvgIpc) is 3.18. The fraction of sp³-hybridized carbons (Fsp3) is 0.333. The van der Waals surface area contributed by atoms with Crippen molar-refractivity contribution < 1.29 is 14.4 Å². The zero-order chi connectivity index (χ0) is 21.4. The molecule has 156 valence electrons. The fourth-order valence-electron chi connectivity index (χ4n) is 4.04. The molecule has 0 bridgehead atoms. The standard InChI is InChI=1S/C24H27N3O3/c1-14(2)19-12-17(7-8-20(19)28)23-21(22(26-30-23)24(29)25-3)16-5-6-18-13-27(4)10-9-15(18)11-16/h5-8,11-12,14,28H,9-10,13H2,1-4H3,(H,25,29). The number of benzene rings is 2. The highest BCUT2D eigenvalue weighted by Gasteiger charge is 2.25. The molecule has 2 N–H and O–H groups in total. The van der Waals surface area contributed by atoms with E-state index in [0.717, 1.165) is 36.2 Å². The Labute approximate surface area is 176 Å². The number of phenolic OH excluding ortho intramolecular Hbond substituents is 1. The molecule has 6 heteroatoms. The molecule has 0 saturated heterocycles. The lowest BCUT2D eigenvalue weighted by atomic mass is 9.91. The van der Waals surface area contributed by atoms with Gasteiger partial charge in [-0.2, -0.15) is 0 Å². The third kappa shape index (κ3) is 3.59. The van der Waals surface area contributed by atoms with Crippen molar-refractivity contribution in [3.8, 4) is 28.2 Å². The van der Waals surface area contributed by atoms with Crippen LogP contribution in [-0.4, -0.2) is 41.7 Å². The van der Waals surface area contributed by atoms with Crippen LogP contribution in [0.3, 0.4) is 0 Å². The number of nitrogens with one attached hydrogen (secondary N) is 1. The van der Waals surface area contributed by atoms with Crippen LogP contribution >= 0.6 is 0 Å². The number of rotatable bonds is 4. The molecule has 2 heterocycles. The number of likely N-dealkylation sites (N-methyl/N-ethyl adjacent to an activating group) is 1. The molecule has 0 fully saturated rings. The van der Waals surface area contributed by atoms with Gasteiger partial charge >= 0.3 is 0 Å². The zero-order valence-corrected chi connectivity index (χ0v) is 17.8. The van der Waals surface area contributed by atoms with Crippen LogP contribution in [-0.2, 0) is 13.0 Å². The number of nitrogens with zero attached hydrogens (tertiary/aromatic N) is 2. The summed E-state index contributed by atoms with van der Waals surface area (Å²) in [4.78, 5) is 14.8. The topological polar surface area (TPSA) is 78.6 Å². The lowest BCUT2D eigenvalue weighted by molar-refractivity contribution is 0.0955. The quantitative estimate of drug-likeness (QED) is 0.681. The fourth-order valence-corrected chi connectivity index (χ4v) is 4.04. The minimum Gasteiger partial charge on any atom is -0.508 e. The van der Waals surface area contributed by atoms with Crippen molar-refractivity contribution in [1.82, 2.24) is 15.4 Å². The molecule has 2 aromatic carbocycles. The van der Waals surface area contributed by atoms with Gasteiger partial charge < -0.3 is 19.8 Å². The number of hydrogen-bond acceptors (Lipinski definition) is 5. The van der Waals surface area contributed by atoms with Crippen LogP contribution in [0.25, 0.3) is 22.5 Å². The van der Waals surface area contributed by atoms with Crippen molar-refractivity contribution in [3.05, 3.63) is 58.8 Å². The van der Waals surface area contributed by atoms with Gasteiger partial charge in [-0.1, -0.05) is 37.2 Å². The number of carbonyl (C=O) groups excluding carboxylic acids is 1. The first kappa shape index (κ1) is 20.2. The Bertz CT molecular complexity index is 1100. The Hall–Kier alpha value is -3.12. The van der Waals surface area contributed by atoms with E-state index in [2.05, 4.69) is 34.6 Å². The molecular weight excluding hydrogens is 378 g/mol. The Morgan fingerprint density at radius 3 is 2.67 bits per heavy atom. The van der Waals surface area contributed by atoms with Gasteiger partial charge in [0, 0.05) is 25.7 Å². The normalized spacial score (nSPS) is 14.0. The van der Waals surface area contributed by atoms with Crippen molar-refractivity contribution in [2.45, 2.75) is 32.7 Å². The molecule has 0 unspecified atom stereocenters. The summed E-state index contributed by atoms with van der Waals surface area (Å²) < 4.78 is 5.69. The number of carbonyl (C=O) groups is 1. The third-order valence-electron chi connectivity index (χ3n) is 5.74. The first-order valence-electron chi connectivity index (χ1n) is 10.2. The number of aromatic hydroxyl groups is 1. The second-order valence-electron chi connectivity index (χ2n) is 8.21.